The van der Waals surface area contributed by atoms with Gasteiger partial charge in [0.2, 0.25) is 0 Å². The first kappa shape index (κ1) is 13.3. The molecule has 2 rings (SSSR count). The fourth-order valence-electron chi connectivity index (χ4n) is 3.46. The number of fused-ring (bicyclic) bond motifs is 2. The topological polar surface area (TPSA) is 18.5 Å². The van der Waals surface area contributed by atoms with E-state index in [1.807, 2.05) is 0 Å². The highest BCUT2D eigenvalue weighted by atomic mass is 28.3. The Labute approximate surface area is 107 Å². The standard InChI is InChI=1S/C14H26O2Si/c1-4-15-17(16-5-2)11(3)8-14-10-12-6-7-13(14)9-12/h6-7,11-14,17H,4-5,8-10H2,1-3H3. The Kier molecular flexibility index (Phi) is 4.83. The van der Waals surface area contributed by atoms with Gasteiger partial charge in [0.1, 0.15) is 0 Å². The average Bonchev–Trinajstić information content (AvgIpc) is 2.90. The zero-order chi connectivity index (χ0) is 12.3. The van der Waals surface area contributed by atoms with Crippen LogP contribution >= 0.6 is 0 Å². The van der Waals surface area contributed by atoms with Gasteiger partial charge >= 0.3 is 9.28 Å². The van der Waals surface area contributed by atoms with Gasteiger partial charge < -0.3 is 8.85 Å². The molecule has 4 atom stereocenters. The summed E-state index contributed by atoms with van der Waals surface area (Å²) in [6, 6.07) is 0. The van der Waals surface area contributed by atoms with Crippen molar-refractivity contribution < 1.29 is 8.85 Å². The minimum atomic E-state index is -1.43. The van der Waals surface area contributed by atoms with E-state index in [4.69, 9.17) is 8.85 Å². The first-order valence-corrected chi connectivity index (χ1v) is 8.77. The fraction of sp³-hybridized carbons (Fsp3) is 0.857. The van der Waals surface area contributed by atoms with Gasteiger partial charge in [-0.25, -0.2) is 0 Å². The Bertz CT molecular complexity index is 261. The molecule has 17 heavy (non-hydrogen) atoms. The summed E-state index contributed by atoms with van der Waals surface area (Å²) in [5.41, 5.74) is 0.646. The average molecular weight is 254 g/mol. The van der Waals surface area contributed by atoms with Gasteiger partial charge in [-0.15, -0.1) is 0 Å². The minimum absolute atomic E-state index is 0.646. The molecule has 0 amide bonds. The predicted octanol–water partition coefficient (Wildman–Crippen LogP) is 3.27. The molecule has 0 radical (unpaired) electrons. The molecule has 0 N–H and O–H groups in total. The lowest BCUT2D eigenvalue weighted by Crippen LogP contribution is -2.29. The maximum absolute atomic E-state index is 5.83. The number of hydrogen-bond donors (Lipinski definition) is 0. The zero-order valence-corrected chi connectivity index (χ0v) is 12.5. The van der Waals surface area contributed by atoms with Crippen molar-refractivity contribution in [3.8, 4) is 0 Å². The van der Waals surface area contributed by atoms with E-state index in [9.17, 15) is 0 Å². The van der Waals surface area contributed by atoms with Crippen LogP contribution in [0.25, 0.3) is 0 Å². The van der Waals surface area contributed by atoms with Crippen molar-refractivity contribution in [3.05, 3.63) is 12.2 Å². The van der Waals surface area contributed by atoms with Gasteiger partial charge in [0.15, 0.2) is 0 Å². The van der Waals surface area contributed by atoms with Crippen LogP contribution in [0.4, 0.5) is 0 Å². The fourth-order valence-corrected chi connectivity index (χ4v) is 5.44. The summed E-state index contributed by atoms with van der Waals surface area (Å²) in [5, 5.41) is 0. The molecule has 0 saturated heterocycles. The van der Waals surface area contributed by atoms with Crippen LogP contribution in [0.1, 0.15) is 40.0 Å². The van der Waals surface area contributed by atoms with Crippen molar-refractivity contribution >= 4 is 9.28 Å². The van der Waals surface area contributed by atoms with Crippen LogP contribution in [0.5, 0.6) is 0 Å². The van der Waals surface area contributed by atoms with Crippen LogP contribution in [-0.2, 0) is 8.85 Å². The molecular formula is C14H26O2Si. The maximum atomic E-state index is 5.83. The zero-order valence-electron chi connectivity index (χ0n) is 11.4. The second-order valence-electron chi connectivity index (χ2n) is 5.53. The van der Waals surface area contributed by atoms with E-state index in [0.29, 0.717) is 5.54 Å². The summed E-state index contributed by atoms with van der Waals surface area (Å²) in [6.07, 6.45) is 9.00. The lowest BCUT2D eigenvalue weighted by Gasteiger charge is -2.26. The number of allylic oxidation sites excluding steroid dienone is 2. The molecule has 0 spiro atoms. The summed E-state index contributed by atoms with van der Waals surface area (Å²) in [6.45, 7) is 8.09. The third-order valence-corrected chi connectivity index (χ3v) is 6.74. The van der Waals surface area contributed by atoms with Crippen molar-refractivity contribution in [3.63, 3.8) is 0 Å². The van der Waals surface area contributed by atoms with Crippen molar-refractivity contribution in [2.45, 2.75) is 45.6 Å². The van der Waals surface area contributed by atoms with Crippen molar-refractivity contribution in [2.24, 2.45) is 17.8 Å². The third-order valence-electron chi connectivity index (χ3n) is 4.22. The Balaban J connectivity index is 1.82. The second kappa shape index (κ2) is 6.16. The Morgan fingerprint density at radius 3 is 2.35 bits per heavy atom. The van der Waals surface area contributed by atoms with E-state index in [0.717, 1.165) is 31.0 Å². The van der Waals surface area contributed by atoms with Crippen LogP contribution in [0.2, 0.25) is 5.54 Å². The molecule has 0 aromatic rings. The molecule has 2 nitrogen and oxygen atoms in total. The molecule has 3 heteroatoms. The lowest BCUT2D eigenvalue weighted by atomic mass is 9.89. The molecule has 0 aromatic carbocycles. The molecule has 2 aliphatic carbocycles. The van der Waals surface area contributed by atoms with E-state index in [2.05, 4.69) is 32.9 Å². The highest BCUT2D eigenvalue weighted by Crippen LogP contribution is 2.47. The SMILES string of the molecule is CCO[SiH](OCC)C(C)CC1CC2C=CC1C2. The van der Waals surface area contributed by atoms with Crippen molar-refractivity contribution in [1.29, 1.82) is 0 Å². The monoisotopic (exact) mass is 254 g/mol. The Morgan fingerprint density at radius 1 is 1.18 bits per heavy atom. The summed E-state index contributed by atoms with van der Waals surface area (Å²) in [7, 11) is -1.43. The van der Waals surface area contributed by atoms with Gasteiger partial charge in [0, 0.05) is 13.2 Å². The van der Waals surface area contributed by atoms with Crippen molar-refractivity contribution in [1.82, 2.24) is 0 Å². The molecule has 0 aliphatic heterocycles. The second-order valence-corrected chi connectivity index (χ2v) is 8.07. The molecule has 1 fully saturated rings. The van der Waals surface area contributed by atoms with Crippen LogP contribution in [0, 0.1) is 17.8 Å². The maximum Gasteiger partial charge on any atom is 0.324 e. The largest absolute Gasteiger partial charge is 0.397 e. The van der Waals surface area contributed by atoms with E-state index in [-0.39, 0.29) is 0 Å². The van der Waals surface area contributed by atoms with Crippen LogP contribution in [-0.4, -0.2) is 22.5 Å². The van der Waals surface area contributed by atoms with Gasteiger partial charge in [-0.3, -0.25) is 0 Å². The normalized spacial score (nSPS) is 32.6. The first-order chi connectivity index (χ1) is 8.24. The van der Waals surface area contributed by atoms with Crippen LogP contribution in [0.15, 0.2) is 12.2 Å². The number of rotatable bonds is 7. The molecule has 98 valence electrons. The van der Waals surface area contributed by atoms with Gasteiger partial charge in [-0.2, -0.15) is 0 Å². The highest BCUT2D eigenvalue weighted by molar-refractivity contribution is 6.46. The summed E-state index contributed by atoms with van der Waals surface area (Å²) in [5.74, 6) is 2.65. The Hall–Kier alpha value is -0.123. The van der Waals surface area contributed by atoms with Gasteiger partial charge in [0.05, 0.1) is 0 Å². The van der Waals surface area contributed by atoms with E-state index in [1.165, 1.54) is 19.3 Å². The first-order valence-electron chi connectivity index (χ1n) is 7.16. The molecule has 4 unspecified atom stereocenters. The summed E-state index contributed by atoms with van der Waals surface area (Å²) in [4.78, 5) is 0. The minimum Gasteiger partial charge on any atom is -0.397 e. The molecule has 0 aromatic heterocycles. The molecule has 0 heterocycles. The van der Waals surface area contributed by atoms with Crippen molar-refractivity contribution in [2.75, 3.05) is 13.2 Å². The number of hydrogen-bond acceptors (Lipinski definition) is 2. The highest BCUT2D eigenvalue weighted by Gasteiger charge is 2.37. The predicted molar refractivity (Wildman–Crippen MR) is 73.3 cm³/mol. The summed E-state index contributed by atoms with van der Waals surface area (Å²) >= 11 is 0. The van der Waals surface area contributed by atoms with E-state index < -0.39 is 9.28 Å². The molecular weight excluding hydrogens is 228 g/mol. The van der Waals surface area contributed by atoms with Gasteiger partial charge in [-0.1, -0.05) is 19.1 Å². The van der Waals surface area contributed by atoms with Gasteiger partial charge in [0.25, 0.3) is 0 Å². The van der Waals surface area contributed by atoms with E-state index >= 15 is 0 Å². The summed E-state index contributed by atoms with van der Waals surface area (Å²) < 4.78 is 11.7. The van der Waals surface area contributed by atoms with Gasteiger partial charge in [-0.05, 0) is 56.4 Å². The molecule has 2 bridgehead atoms. The molecule has 2 aliphatic rings. The van der Waals surface area contributed by atoms with Crippen LogP contribution in [0.3, 0.4) is 0 Å². The third kappa shape index (κ3) is 3.21. The lowest BCUT2D eigenvalue weighted by molar-refractivity contribution is 0.199. The Morgan fingerprint density at radius 2 is 1.88 bits per heavy atom. The van der Waals surface area contributed by atoms with Crippen LogP contribution < -0.4 is 0 Å². The smallest absolute Gasteiger partial charge is 0.324 e. The quantitative estimate of drug-likeness (QED) is 0.513. The van der Waals surface area contributed by atoms with E-state index in [1.54, 1.807) is 0 Å². The molecule has 1 saturated carbocycles.